The number of fused-ring (bicyclic) bond motifs is 1. The van der Waals surface area contributed by atoms with Gasteiger partial charge in [-0.15, -0.1) is 0 Å². The van der Waals surface area contributed by atoms with Gasteiger partial charge in [0.1, 0.15) is 22.5 Å². The summed E-state index contributed by atoms with van der Waals surface area (Å²) >= 11 is 0. The van der Waals surface area contributed by atoms with E-state index in [9.17, 15) is 4.79 Å². The van der Waals surface area contributed by atoms with Crippen LogP contribution in [-0.2, 0) is 4.74 Å². The van der Waals surface area contributed by atoms with E-state index in [-0.39, 0.29) is 5.82 Å². The number of carbonyl (C=O) groups excluding carboxylic acids is 1. The lowest BCUT2D eigenvalue weighted by molar-refractivity contribution is 0.0588. The topological polar surface area (TPSA) is 118 Å². The highest BCUT2D eigenvalue weighted by Crippen LogP contribution is 2.44. The van der Waals surface area contributed by atoms with Crippen molar-refractivity contribution in [2.75, 3.05) is 35.5 Å². The highest BCUT2D eigenvalue weighted by molar-refractivity contribution is 6.00. The molecule has 2 aromatic carbocycles. The predicted molar refractivity (Wildman–Crippen MR) is 115 cm³/mol. The number of imidazole rings is 1. The molecule has 0 unspecified atom stereocenters. The number of esters is 1. The number of aromatic amines is 1. The quantitative estimate of drug-likeness (QED) is 0.430. The normalized spacial score (nSPS) is 10.8. The average molecular weight is 439 g/mol. The van der Waals surface area contributed by atoms with Crippen LogP contribution < -0.4 is 18.9 Å². The van der Waals surface area contributed by atoms with Crippen molar-refractivity contribution < 1.29 is 32.9 Å². The van der Waals surface area contributed by atoms with Crippen molar-refractivity contribution >= 4 is 17.0 Å². The third kappa shape index (κ3) is 3.35. The molecule has 1 N–H and O–H groups in total. The molecule has 10 heteroatoms. The van der Waals surface area contributed by atoms with Crippen LogP contribution in [0.2, 0.25) is 0 Å². The van der Waals surface area contributed by atoms with E-state index in [1.54, 1.807) is 24.3 Å². The Balaban J connectivity index is 1.93. The first kappa shape index (κ1) is 21.0. The molecule has 0 bridgehead atoms. The zero-order valence-corrected chi connectivity index (χ0v) is 18.1. The molecule has 10 nitrogen and oxygen atoms in total. The number of carbonyl (C=O) groups is 1. The Morgan fingerprint density at radius 2 is 1.62 bits per heavy atom. The molecule has 0 amide bonds. The Bertz CT molecular complexity index is 1270. The van der Waals surface area contributed by atoms with Crippen molar-refractivity contribution in [3.05, 3.63) is 36.5 Å². The fraction of sp³-hybridized carbons (Fsp3) is 0.227. The fourth-order valence-electron chi connectivity index (χ4n) is 3.48. The monoisotopic (exact) mass is 439 g/mol. The van der Waals surface area contributed by atoms with Gasteiger partial charge in [-0.25, -0.2) is 14.8 Å². The predicted octanol–water partition coefficient (Wildman–Crippen LogP) is 3.71. The largest absolute Gasteiger partial charge is 0.494 e. The van der Waals surface area contributed by atoms with Gasteiger partial charge in [0.25, 0.3) is 0 Å². The zero-order chi connectivity index (χ0) is 22.8. The van der Waals surface area contributed by atoms with Crippen LogP contribution in [-0.4, -0.2) is 56.5 Å². The van der Waals surface area contributed by atoms with Crippen LogP contribution in [0.15, 0.2) is 35.1 Å². The van der Waals surface area contributed by atoms with Crippen LogP contribution in [0.5, 0.6) is 23.0 Å². The highest BCUT2D eigenvalue weighted by atomic mass is 16.5. The van der Waals surface area contributed by atoms with E-state index in [4.69, 9.17) is 28.1 Å². The fourth-order valence-corrected chi connectivity index (χ4v) is 3.48. The maximum absolute atomic E-state index is 12.0. The third-order valence-corrected chi connectivity index (χ3v) is 4.96. The number of nitrogens with zero attached hydrogens (tertiary/aromatic N) is 2. The maximum Gasteiger partial charge on any atom is 0.374 e. The van der Waals surface area contributed by atoms with E-state index in [1.807, 2.05) is 0 Å². The Morgan fingerprint density at radius 3 is 2.22 bits per heavy atom. The standard InChI is InChI=1S/C22H21N3O7/c1-27-13-7-6-12(17-18(13)25-21(24-17)22(26)31-5)19-16(23-10-32-19)11-8-14(28-2)20(30-4)15(9-11)29-3/h6-10H,1-5H3,(H,24,25). The second kappa shape index (κ2) is 8.50. The molecule has 0 saturated carbocycles. The first-order chi connectivity index (χ1) is 15.6. The van der Waals surface area contributed by atoms with Crippen molar-refractivity contribution in [2.24, 2.45) is 0 Å². The van der Waals surface area contributed by atoms with Crippen LogP contribution in [0, 0.1) is 0 Å². The number of oxazole rings is 1. The lowest BCUT2D eigenvalue weighted by Gasteiger charge is -2.14. The van der Waals surface area contributed by atoms with Gasteiger partial charge in [-0.2, -0.15) is 0 Å². The summed E-state index contributed by atoms with van der Waals surface area (Å²) in [6, 6.07) is 7.07. The summed E-state index contributed by atoms with van der Waals surface area (Å²) in [6.07, 6.45) is 1.33. The van der Waals surface area contributed by atoms with Crippen LogP contribution in [0.3, 0.4) is 0 Å². The maximum atomic E-state index is 12.0. The van der Waals surface area contributed by atoms with Crippen molar-refractivity contribution in [3.63, 3.8) is 0 Å². The number of hydrogen-bond donors (Lipinski definition) is 1. The molecule has 0 saturated heterocycles. The minimum atomic E-state index is -0.600. The SMILES string of the molecule is COC(=O)c1nc2c(-c3ocnc3-c3cc(OC)c(OC)c(OC)c3)ccc(OC)c2[nH]1. The molecule has 166 valence electrons. The van der Waals surface area contributed by atoms with Crippen LogP contribution in [0.4, 0.5) is 0 Å². The number of nitrogens with one attached hydrogen (secondary N) is 1. The van der Waals surface area contributed by atoms with Gasteiger partial charge in [0.15, 0.2) is 23.7 Å². The Morgan fingerprint density at radius 1 is 0.938 bits per heavy atom. The van der Waals surface area contributed by atoms with Gasteiger partial charge in [-0.05, 0) is 24.3 Å². The molecule has 0 radical (unpaired) electrons. The molecular formula is C22H21N3O7. The minimum absolute atomic E-state index is 0.0436. The van der Waals surface area contributed by atoms with E-state index < -0.39 is 5.97 Å². The van der Waals surface area contributed by atoms with Gasteiger partial charge in [0, 0.05) is 11.1 Å². The number of aromatic nitrogens is 3. The molecule has 0 spiro atoms. The molecule has 0 fully saturated rings. The molecule has 0 atom stereocenters. The van der Waals surface area contributed by atoms with Gasteiger partial charge in [0.2, 0.25) is 11.6 Å². The van der Waals surface area contributed by atoms with Crippen LogP contribution >= 0.6 is 0 Å². The molecule has 0 aliphatic heterocycles. The summed E-state index contributed by atoms with van der Waals surface area (Å²) in [7, 11) is 7.42. The number of benzene rings is 2. The van der Waals surface area contributed by atoms with Crippen LogP contribution in [0.25, 0.3) is 33.6 Å². The van der Waals surface area contributed by atoms with Gasteiger partial charge < -0.3 is 33.1 Å². The van der Waals surface area contributed by atoms with Crippen molar-refractivity contribution in [2.45, 2.75) is 0 Å². The van der Waals surface area contributed by atoms with Crippen molar-refractivity contribution in [1.82, 2.24) is 15.0 Å². The number of methoxy groups -OCH3 is 5. The number of hydrogen-bond acceptors (Lipinski definition) is 9. The summed E-state index contributed by atoms with van der Waals surface area (Å²) in [4.78, 5) is 23.8. The molecule has 4 rings (SSSR count). The first-order valence-electron chi connectivity index (χ1n) is 9.45. The Hall–Kier alpha value is -4.21. The molecule has 2 aromatic heterocycles. The molecule has 32 heavy (non-hydrogen) atoms. The van der Waals surface area contributed by atoms with Crippen LogP contribution in [0.1, 0.15) is 10.6 Å². The van der Waals surface area contributed by atoms with Crippen molar-refractivity contribution in [3.8, 4) is 45.6 Å². The van der Waals surface area contributed by atoms with E-state index in [0.29, 0.717) is 56.6 Å². The van der Waals surface area contributed by atoms with E-state index in [2.05, 4.69) is 15.0 Å². The Labute approximate surface area is 183 Å². The number of H-pyrrole nitrogens is 1. The van der Waals surface area contributed by atoms with Gasteiger partial charge in [0.05, 0.1) is 35.5 Å². The third-order valence-electron chi connectivity index (χ3n) is 4.96. The second-order valence-electron chi connectivity index (χ2n) is 6.56. The van der Waals surface area contributed by atoms with Gasteiger partial charge in [-0.1, -0.05) is 0 Å². The van der Waals surface area contributed by atoms with E-state index in [1.165, 1.54) is 41.9 Å². The van der Waals surface area contributed by atoms with Gasteiger partial charge >= 0.3 is 5.97 Å². The lowest BCUT2D eigenvalue weighted by Crippen LogP contribution is -2.02. The highest BCUT2D eigenvalue weighted by Gasteiger charge is 2.24. The average Bonchev–Trinajstić information content (AvgIpc) is 3.49. The number of rotatable bonds is 7. The molecule has 2 heterocycles. The molecule has 4 aromatic rings. The second-order valence-corrected chi connectivity index (χ2v) is 6.56. The summed E-state index contributed by atoms with van der Waals surface area (Å²) in [6.45, 7) is 0. The smallest absolute Gasteiger partial charge is 0.374 e. The molecular weight excluding hydrogens is 418 g/mol. The Kier molecular flexibility index (Phi) is 5.59. The molecule has 0 aliphatic rings. The summed E-state index contributed by atoms with van der Waals surface area (Å²) in [5.41, 5.74) is 2.80. The van der Waals surface area contributed by atoms with Crippen molar-refractivity contribution in [1.29, 1.82) is 0 Å². The van der Waals surface area contributed by atoms with Gasteiger partial charge in [-0.3, -0.25) is 0 Å². The zero-order valence-electron chi connectivity index (χ0n) is 18.1. The number of ether oxygens (including phenoxy) is 5. The summed E-state index contributed by atoms with van der Waals surface area (Å²) in [5.74, 6) is 1.81. The lowest BCUT2D eigenvalue weighted by atomic mass is 10.0. The van der Waals surface area contributed by atoms with E-state index >= 15 is 0 Å². The molecule has 0 aliphatic carbocycles. The first-order valence-corrected chi connectivity index (χ1v) is 9.45. The van der Waals surface area contributed by atoms with E-state index in [0.717, 1.165) is 0 Å². The summed E-state index contributed by atoms with van der Waals surface area (Å²) < 4.78 is 32.3. The minimum Gasteiger partial charge on any atom is -0.494 e. The summed E-state index contributed by atoms with van der Waals surface area (Å²) in [5, 5.41) is 0.